The Morgan fingerprint density at radius 3 is 2.83 bits per heavy atom. The lowest BCUT2D eigenvalue weighted by atomic mass is 10.2. The Morgan fingerprint density at radius 2 is 2.22 bits per heavy atom. The molecule has 1 heterocycles. The highest BCUT2D eigenvalue weighted by atomic mass is 32.2. The number of morpholine rings is 1. The number of rotatable bonds is 6. The summed E-state index contributed by atoms with van der Waals surface area (Å²) in [7, 11) is -1.57. The molecule has 1 aliphatic rings. The van der Waals surface area contributed by atoms with Gasteiger partial charge in [0.25, 0.3) is 0 Å². The highest BCUT2D eigenvalue weighted by molar-refractivity contribution is 7.91. The van der Waals surface area contributed by atoms with Gasteiger partial charge in [-0.25, -0.2) is 13.2 Å². The zero-order chi connectivity index (χ0) is 13.6. The first-order valence-electron chi connectivity index (χ1n) is 6.10. The highest BCUT2D eigenvalue weighted by Crippen LogP contribution is 2.07. The monoisotopic (exact) mass is 279 g/mol. The Bertz CT molecular complexity index is 368. The van der Waals surface area contributed by atoms with Crippen molar-refractivity contribution in [2.45, 2.75) is 19.4 Å². The molecule has 1 fully saturated rings. The minimum Gasteiger partial charge on any atom is -0.467 e. The van der Waals surface area contributed by atoms with E-state index in [4.69, 9.17) is 4.74 Å². The van der Waals surface area contributed by atoms with Crippen molar-refractivity contribution in [2.24, 2.45) is 0 Å². The molecule has 1 rings (SSSR count). The number of carbonyl (C=O) groups is 1. The van der Waals surface area contributed by atoms with Gasteiger partial charge in [0.2, 0.25) is 0 Å². The number of sulfone groups is 1. The number of carbonyl (C=O) groups excluding carboxylic acids is 1. The Labute approximate surface area is 108 Å². The number of hydrogen-bond acceptors (Lipinski definition) is 6. The number of esters is 1. The Balaban J connectivity index is 2.33. The standard InChI is InChI=1S/C11H21NO5S/c1-3-18(14,15)8-4-5-12-6-7-17-10(9-12)11(13)16-2/h10H,3-9H2,1-2H3. The SMILES string of the molecule is CCS(=O)(=O)CCCN1CCOC(C(=O)OC)C1. The molecule has 1 atom stereocenters. The Hall–Kier alpha value is -0.660. The zero-order valence-electron chi connectivity index (χ0n) is 10.9. The van der Waals surface area contributed by atoms with Crippen molar-refractivity contribution in [2.75, 3.05) is 44.9 Å². The summed E-state index contributed by atoms with van der Waals surface area (Å²) in [6.07, 6.45) is 0.0379. The Kier molecular flexibility index (Phi) is 6.04. The lowest BCUT2D eigenvalue weighted by molar-refractivity contribution is -0.159. The van der Waals surface area contributed by atoms with E-state index in [1.54, 1.807) is 6.92 Å². The third-order valence-electron chi connectivity index (χ3n) is 2.98. The van der Waals surface area contributed by atoms with E-state index < -0.39 is 15.9 Å². The quantitative estimate of drug-likeness (QED) is 0.621. The van der Waals surface area contributed by atoms with Gasteiger partial charge in [0.1, 0.15) is 9.84 Å². The summed E-state index contributed by atoms with van der Waals surface area (Å²) in [5, 5.41) is 0. The molecule has 0 aromatic carbocycles. The van der Waals surface area contributed by atoms with Gasteiger partial charge in [-0.15, -0.1) is 0 Å². The average molecular weight is 279 g/mol. The molecule has 6 nitrogen and oxygen atoms in total. The van der Waals surface area contributed by atoms with E-state index in [1.807, 2.05) is 4.90 Å². The minimum absolute atomic E-state index is 0.181. The normalized spacial score (nSPS) is 21.8. The van der Waals surface area contributed by atoms with Crippen molar-refractivity contribution in [3.05, 3.63) is 0 Å². The van der Waals surface area contributed by atoms with Gasteiger partial charge in [-0.3, -0.25) is 4.90 Å². The van der Waals surface area contributed by atoms with Crippen molar-refractivity contribution in [3.8, 4) is 0 Å². The lowest BCUT2D eigenvalue weighted by Gasteiger charge is -2.31. The van der Waals surface area contributed by atoms with Gasteiger partial charge in [-0.1, -0.05) is 6.92 Å². The molecule has 1 unspecified atom stereocenters. The van der Waals surface area contributed by atoms with E-state index in [0.717, 1.165) is 6.54 Å². The molecule has 1 saturated heterocycles. The van der Waals surface area contributed by atoms with Crippen LogP contribution in [0.2, 0.25) is 0 Å². The van der Waals surface area contributed by atoms with Crippen molar-refractivity contribution in [1.82, 2.24) is 4.90 Å². The van der Waals surface area contributed by atoms with Gasteiger partial charge in [-0.05, 0) is 13.0 Å². The third kappa shape index (κ3) is 4.91. The van der Waals surface area contributed by atoms with E-state index in [0.29, 0.717) is 26.1 Å². The van der Waals surface area contributed by atoms with E-state index in [1.165, 1.54) is 7.11 Å². The zero-order valence-corrected chi connectivity index (χ0v) is 11.7. The summed E-state index contributed by atoms with van der Waals surface area (Å²) in [5.41, 5.74) is 0. The third-order valence-corrected chi connectivity index (χ3v) is 4.77. The first kappa shape index (κ1) is 15.4. The Morgan fingerprint density at radius 1 is 1.50 bits per heavy atom. The molecular formula is C11H21NO5S. The number of hydrogen-bond donors (Lipinski definition) is 0. The van der Waals surface area contributed by atoms with Crippen molar-refractivity contribution in [3.63, 3.8) is 0 Å². The molecular weight excluding hydrogens is 258 g/mol. The number of ether oxygens (including phenoxy) is 2. The van der Waals surface area contributed by atoms with Gasteiger partial charge >= 0.3 is 5.97 Å². The molecule has 0 saturated carbocycles. The van der Waals surface area contributed by atoms with E-state index in [-0.39, 0.29) is 17.5 Å². The summed E-state index contributed by atoms with van der Waals surface area (Å²) in [5.74, 6) is 0.00542. The molecule has 1 aliphatic heterocycles. The second-order valence-electron chi connectivity index (χ2n) is 4.27. The molecule has 0 N–H and O–H groups in total. The van der Waals surface area contributed by atoms with Crippen LogP contribution in [0.4, 0.5) is 0 Å². The van der Waals surface area contributed by atoms with Crippen molar-refractivity contribution >= 4 is 15.8 Å². The molecule has 18 heavy (non-hydrogen) atoms. The summed E-state index contributed by atoms with van der Waals surface area (Å²) >= 11 is 0. The molecule has 0 aromatic rings. The van der Waals surface area contributed by atoms with Gasteiger partial charge in [0.05, 0.1) is 19.5 Å². The van der Waals surface area contributed by atoms with Gasteiger partial charge in [-0.2, -0.15) is 0 Å². The van der Waals surface area contributed by atoms with E-state index >= 15 is 0 Å². The van der Waals surface area contributed by atoms with Crippen molar-refractivity contribution in [1.29, 1.82) is 0 Å². The maximum atomic E-state index is 11.3. The summed E-state index contributed by atoms with van der Waals surface area (Å²) in [6, 6.07) is 0. The van der Waals surface area contributed by atoms with Crippen LogP contribution in [-0.2, 0) is 24.1 Å². The highest BCUT2D eigenvalue weighted by Gasteiger charge is 2.27. The van der Waals surface area contributed by atoms with Gasteiger partial charge in [0.15, 0.2) is 6.10 Å². The van der Waals surface area contributed by atoms with Crippen LogP contribution >= 0.6 is 0 Å². The van der Waals surface area contributed by atoms with Crippen molar-refractivity contribution < 1.29 is 22.7 Å². The first-order chi connectivity index (χ1) is 8.48. The molecule has 0 aliphatic carbocycles. The minimum atomic E-state index is -2.90. The molecule has 0 spiro atoms. The predicted octanol–water partition coefficient (Wildman–Crippen LogP) is -0.315. The molecule has 0 aromatic heterocycles. The van der Waals surface area contributed by atoms with E-state index in [9.17, 15) is 13.2 Å². The van der Waals surface area contributed by atoms with Crippen LogP contribution in [-0.4, -0.2) is 70.2 Å². The van der Waals surface area contributed by atoms with Crippen LogP contribution in [0, 0.1) is 0 Å². The molecule has 0 bridgehead atoms. The number of methoxy groups -OCH3 is 1. The first-order valence-corrected chi connectivity index (χ1v) is 7.93. The number of nitrogens with zero attached hydrogens (tertiary/aromatic N) is 1. The van der Waals surface area contributed by atoms with Crippen LogP contribution in [0.15, 0.2) is 0 Å². The summed E-state index contributed by atoms with van der Waals surface area (Å²) in [4.78, 5) is 13.4. The maximum Gasteiger partial charge on any atom is 0.336 e. The smallest absolute Gasteiger partial charge is 0.336 e. The van der Waals surface area contributed by atoms with Crippen LogP contribution in [0.1, 0.15) is 13.3 Å². The van der Waals surface area contributed by atoms with Crippen LogP contribution < -0.4 is 0 Å². The lowest BCUT2D eigenvalue weighted by Crippen LogP contribution is -2.46. The van der Waals surface area contributed by atoms with Crippen LogP contribution in [0.3, 0.4) is 0 Å². The molecule has 0 radical (unpaired) electrons. The second-order valence-corrected chi connectivity index (χ2v) is 6.75. The fourth-order valence-electron chi connectivity index (χ4n) is 1.83. The molecule has 106 valence electrons. The molecule has 7 heteroatoms. The maximum absolute atomic E-state index is 11.3. The topological polar surface area (TPSA) is 72.9 Å². The summed E-state index contributed by atoms with van der Waals surface area (Å²) in [6.45, 7) is 3.98. The molecule has 0 amide bonds. The second kappa shape index (κ2) is 7.06. The average Bonchev–Trinajstić information content (AvgIpc) is 2.38. The summed E-state index contributed by atoms with van der Waals surface area (Å²) < 4.78 is 32.6. The largest absolute Gasteiger partial charge is 0.467 e. The fraction of sp³-hybridized carbons (Fsp3) is 0.909. The predicted molar refractivity (Wildman–Crippen MR) is 67.1 cm³/mol. The van der Waals surface area contributed by atoms with E-state index in [2.05, 4.69) is 4.74 Å². The van der Waals surface area contributed by atoms with Gasteiger partial charge in [0, 0.05) is 18.8 Å². The van der Waals surface area contributed by atoms with Crippen LogP contribution in [0.5, 0.6) is 0 Å². The van der Waals surface area contributed by atoms with Crippen LogP contribution in [0.25, 0.3) is 0 Å². The fourth-order valence-corrected chi connectivity index (χ4v) is 2.69. The van der Waals surface area contributed by atoms with Gasteiger partial charge < -0.3 is 9.47 Å².